The van der Waals surface area contributed by atoms with Gasteiger partial charge in [-0.2, -0.15) is 0 Å². The Hall–Kier alpha value is -3.05. The minimum absolute atomic E-state index is 0.313. The van der Waals surface area contributed by atoms with Crippen LogP contribution in [-0.4, -0.2) is 19.0 Å². The third kappa shape index (κ3) is 3.95. The summed E-state index contributed by atoms with van der Waals surface area (Å²) in [6, 6.07) is 12.0. The number of carbonyl (C=O) groups excluding carboxylic acids is 2. The summed E-state index contributed by atoms with van der Waals surface area (Å²) in [4.78, 5) is 23.2. The third-order valence-corrected chi connectivity index (χ3v) is 3.87. The van der Waals surface area contributed by atoms with Crippen molar-refractivity contribution in [2.75, 3.05) is 7.11 Å². The van der Waals surface area contributed by atoms with Crippen LogP contribution < -0.4 is 9.47 Å². The molecular formula is C20H15ClO5. The van der Waals surface area contributed by atoms with E-state index in [2.05, 4.69) is 0 Å². The first-order valence-electron chi connectivity index (χ1n) is 7.74. The van der Waals surface area contributed by atoms with Crippen LogP contribution in [0.4, 0.5) is 0 Å². The van der Waals surface area contributed by atoms with Gasteiger partial charge in [0.05, 0.1) is 12.7 Å². The van der Waals surface area contributed by atoms with Gasteiger partial charge in [0.2, 0.25) is 0 Å². The van der Waals surface area contributed by atoms with Gasteiger partial charge in [-0.3, -0.25) is 4.79 Å². The lowest BCUT2D eigenvalue weighted by Gasteiger charge is -2.08. The minimum Gasteiger partial charge on any atom is -0.493 e. The SMILES string of the molecule is COc1cc(/C=C2\C=C(c3ccc(Cl)cc3)OC2=O)ccc1OC(C)=O. The molecule has 3 rings (SSSR count). The maximum atomic E-state index is 12.1. The van der Waals surface area contributed by atoms with Crippen LogP contribution in [0.3, 0.4) is 0 Å². The van der Waals surface area contributed by atoms with Crippen molar-refractivity contribution < 1.29 is 23.8 Å². The van der Waals surface area contributed by atoms with Gasteiger partial charge in [0.1, 0.15) is 5.76 Å². The summed E-state index contributed by atoms with van der Waals surface area (Å²) in [6.45, 7) is 1.31. The van der Waals surface area contributed by atoms with Crippen molar-refractivity contribution in [3.05, 3.63) is 70.3 Å². The van der Waals surface area contributed by atoms with Crippen molar-refractivity contribution in [3.63, 3.8) is 0 Å². The van der Waals surface area contributed by atoms with E-state index < -0.39 is 11.9 Å². The highest BCUT2D eigenvalue weighted by molar-refractivity contribution is 6.30. The van der Waals surface area contributed by atoms with Crippen LogP contribution in [0, 0.1) is 0 Å². The predicted octanol–water partition coefficient (Wildman–Crippen LogP) is 4.26. The van der Waals surface area contributed by atoms with E-state index in [-0.39, 0.29) is 0 Å². The molecule has 0 saturated carbocycles. The average Bonchev–Trinajstić information content (AvgIpc) is 2.97. The monoisotopic (exact) mass is 370 g/mol. The molecule has 0 bridgehead atoms. The molecule has 6 heteroatoms. The van der Waals surface area contributed by atoms with Crippen LogP contribution >= 0.6 is 11.6 Å². The van der Waals surface area contributed by atoms with Crippen LogP contribution in [0.15, 0.2) is 54.1 Å². The van der Waals surface area contributed by atoms with Gasteiger partial charge in [-0.15, -0.1) is 0 Å². The first-order chi connectivity index (χ1) is 12.5. The molecule has 26 heavy (non-hydrogen) atoms. The lowest BCUT2D eigenvalue weighted by atomic mass is 10.1. The van der Waals surface area contributed by atoms with Gasteiger partial charge < -0.3 is 14.2 Å². The molecule has 0 aliphatic carbocycles. The van der Waals surface area contributed by atoms with Gasteiger partial charge in [0, 0.05) is 17.5 Å². The largest absolute Gasteiger partial charge is 0.493 e. The molecule has 2 aromatic rings. The highest BCUT2D eigenvalue weighted by Gasteiger charge is 2.22. The van der Waals surface area contributed by atoms with Gasteiger partial charge in [0.15, 0.2) is 11.5 Å². The fourth-order valence-corrected chi connectivity index (χ4v) is 2.56. The number of hydrogen-bond donors (Lipinski definition) is 0. The Morgan fingerprint density at radius 1 is 1.12 bits per heavy atom. The molecule has 0 spiro atoms. The van der Waals surface area contributed by atoms with E-state index in [1.54, 1.807) is 54.6 Å². The number of methoxy groups -OCH3 is 1. The summed E-state index contributed by atoms with van der Waals surface area (Å²) in [5.74, 6) is 0.278. The minimum atomic E-state index is -0.446. The zero-order valence-corrected chi connectivity index (χ0v) is 14.9. The number of ether oxygens (including phenoxy) is 3. The van der Waals surface area contributed by atoms with E-state index in [0.29, 0.717) is 33.4 Å². The first kappa shape index (κ1) is 17.8. The molecule has 132 valence electrons. The van der Waals surface area contributed by atoms with Gasteiger partial charge in [0.25, 0.3) is 0 Å². The topological polar surface area (TPSA) is 61.8 Å². The number of halogens is 1. The normalized spacial score (nSPS) is 14.8. The molecule has 1 aliphatic heterocycles. The van der Waals surface area contributed by atoms with Crippen LogP contribution in [0.25, 0.3) is 11.8 Å². The molecule has 0 atom stereocenters. The number of cyclic esters (lactones) is 1. The fraction of sp³-hybridized carbons (Fsp3) is 0.100. The van der Waals surface area contributed by atoms with E-state index in [0.717, 1.165) is 5.56 Å². The Labute approximate surface area is 155 Å². The molecule has 0 N–H and O–H groups in total. The molecule has 0 fully saturated rings. The Bertz CT molecular complexity index is 926. The summed E-state index contributed by atoms with van der Waals surface area (Å²) in [6.07, 6.45) is 3.34. The first-order valence-corrected chi connectivity index (χ1v) is 8.12. The van der Waals surface area contributed by atoms with Crippen molar-refractivity contribution in [2.45, 2.75) is 6.92 Å². The quantitative estimate of drug-likeness (QED) is 0.457. The smallest absolute Gasteiger partial charge is 0.343 e. The maximum Gasteiger partial charge on any atom is 0.343 e. The number of rotatable bonds is 4. The predicted molar refractivity (Wildman–Crippen MR) is 97.8 cm³/mol. The Morgan fingerprint density at radius 2 is 1.85 bits per heavy atom. The second-order valence-electron chi connectivity index (χ2n) is 5.51. The Morgan fingerprint density at radius 3 is 2.50 bits per heavy atom. The second-order valence-corrected chi connectivity index (χ2v) is 5.95. The van der Waals surface area contributed by atoms with Crippen LogP contribution in [0.2, 0.25) is 5.02 Å². The summed E-state index contributed by atoms with van der Waals surface area (Å²) in [5, 5.41) is 0.606. The zero-order valence-electron chi connectivity index (χ0n) is 14.1. The van der Waals surface area contributed by atoms with Gasteiger partial charge in [-0.05, 0) is 54.1 Å². The van der Waals surface area contributed by atoms with Crippen molar-refractivity contribution in [1.29, 1.82) is 0 Å². The highest BCUT2D eigenvalue weighted by atomic mass is 35.5. The summed E-state index contributed by atoms with van der Waals surface area (Å²) in [7, 11) is 1.47. The maximum absolute atomic E-state index is 12.1. The summed E-state index contributed by atoms with van der Waals surface area (Å²) in [5.41, 5.74) is 1.87. The van der Waals surface area contributed by atoms with Crippen molar-refractivity contribution in [2.24, 2.45) is 0 Å². The summed E-state index contributed by atoms with van der Waals surface area (Å²) >= 11 is 5.87. The summed E-state index contributed by atoms with van der Waals surface area (Å²) < 4.78 is 15.6. The number of hydrogen-bond acceptors (Lipinski definition) is 5. The second kappa shape index (κ2) is 7.45. The number of benzene rings is 2. The fourth-order valence-electron chi connectivity index (χ4n) is 2.44. The molecule has 2 aromatic carbocycles. The van der Waals surface area contributed by atoms with E-state index in [9.17, 15) is 9.59 Å². The molecule has 0 amide bonds. The third-order valence-electron chi connectivity index (χ3n) is 3.62. The molecule has 1 aliphatic rings. The van der Waals surface area contributed by atoms with E-state index >= 15 is 0 Å². The lowest BCUT2D eigenvalue weighted by molar-refractivity contribution is -0.132. The van der Waals surface area contributed by atoms with Gasteiger partial charge in [-0.1, -0.05) is 17.7 Å². The van der Waals surface area contributed by atoms with Crippen molar-refractivity contribution >= 4 is 35.4 Å². The number of esters is 2. The molecular weight excluding hydrogens is 356 g/mol. The Balaban J connectivity index is 1.90. The van der Waals surface area contributed by atoms with Crippen LogP contribution in [-0.2, 0) is 14.3 Å². The van der Waals surface area contributed by atoms with E-state index in [4.69, 9.17) is 25.8 Å². The standard InChI is InChI=1S/C20H15ClO5/c1-12(22)25-17-8-3-13(10-19(17)24-2)9-15-11-18(26-20(15)23)14-4-6-16(21)7-5-14/h3-11H,1-2H3/b15-9+. The van der Waals surface area contributed by atoms with E-state index in [1.165, 1.54) is 14.0 Å². The molecule has 1 heterocycles. The number of carbonyl (C=O) groups is 2. The van der Waals surface area contributed by atoms with Crippen molar-refractivity contribution in [1.82, 2.24) is 0 Å². The van der Waals surface area contributed by atoms with E-state index in [1.807, 2.05) is 0 Å². The molecule has 0 aromatic heterocycles. The lowest BCUT2D eigenvalue weighted by Crippen LogP contribution is -2.03. The van der Waals surface area contributed by atoms with Gasteiger partial charge >= 0.3 is 11.9 Å². The Kier molecular flexibility index (Phi) is 5.09. The zero-order chi connectivity index (χ0) is 18.7. The average molecular weight is 371 g/mol. The molecule has 5 nitrogen and oxygen atoms in total. The van der Waals surface area contributed by atoms with Crippen molar-refractivity contribution in [3.8, 4) is 11.5 Å². The molecule has 0 radical (unpaired) electrons. The molecule has 0 unspecified atom stereocenters. The van der Waals surface area contributed by atoms with Crippen LogP contribution in [0.1, 0.15) is 18.1 Å². The highest BCUT2D eigenvalue weighted by Crippen LogP contribution is 2.31. The molecule has 0 saturated heterocycles. The van der Waals surface area contributed by atoms with Crippen LogP contribution in [0.5, 0.6) is 11.5 Å². The van der Waals surface area contributed by atoms with Gasteiger partial charge in [-0.25, -0.2) is 4.79 Å².